The zero-order chi connectivity index (χ0) is 27.0. The van der Waals surface area contributed by atoms with Gasteiger partial charge in [-0.15, -0.1) is 0 Å². The molecule has 8 heteroatoms. The molecule has 0 aliphatic heterocycles. The van der Waals surface area contributed by atoms with E-state index in [1.165, 1.54) is 11.3 Å². The summed E-state index contributed by atoms with van der Waals surface area (Å²) in [6.07, 6.45) is 0. The predicted molar refractivity (Wildman–Crippen MR) is 157 cm³/mol. The van der Waals surface area contributed by atoms with Gasteiger partial charge in [-0.1, -0.05) is 87.6 Å². The zero-order valence-corrected chi connectivity index (χ0v) is 23.6. The van der Waals surface area contributed by atoms with Crippen molar-refractivity contribution < 1.29 is 13.2 Å². The lowest BCUT2D eigenvalue weighted by Crippen LogP contribution is -2.37. The van der Waals surface area contributed by atoms with Gasteiger partial charge in [0.15, 0.2) is 5.13 Å². The second-order valence-electron chi connectivity index (χ2n) is 10.4. The number of carbonyl (C=O) groups excluding carboxylic acids is 1. The van der Waals surface area contributed by atoms with Crippen molar-refractivity contribution in [3.8, 4) is 0 Å². The Kier molecular flexibility index (Phi) is 7.22. The minimum absolute atomic E-state index is 0.211. The first-order valence-electron chi connectivity index (χ1n) is 12.8. The van der Waals surface area contributed by atoms with Crippen molar-refractivity contribution in [1.82, 2.24) is 9.29 Å². The predicted octanol–water partition coefficient (Wildman–Crippen LogP) is 7.16. The molecular formula is C30H31N3O3S2. The number of aromatic nitrogens is 1. The second kappa shape index (κ2) is 10.4. The summed E-state index contributed by atoms with van der Waals surface area (Å²) in [5.41, 5.74) is 1.24. The summed E-state index contributed by atoms with van der Waals surface area (Å²) in [7, 11) is -3.66. The summed E-state index contributed by atoms with van der Waals surface area (Å²) in [4.78, 5) is 18.4. The van der Waals surface area contributed by atoms with Gasteiger partial charge in [-0.25, -0.2) is 13.4 Å². The molecule has 0 atom stereocenters. The first kappa shape index (κ1) is 26.3. The Morgan fingerprint density at radius 3 is 2.03 bits per heavy atom. The summed E-state index contributed by atoms with van der Waals surface area (Å²) in [5, 5.41) is 7.12. The SMILES string of the molecule is CC(C)CN(CC(C)C)S(=O)(=O)c1ccc2nc(NC(=O)c3c4ccccc4cc4ccccc34)sc2c1. The fourth-order valence-corrected chi connectivity index (χ4v) is 7.54. The number of fused-ring (bicyclic) bond motifs is 3. The molecule has 5 rings (SSSR count). The third-order valence-electron chi connectivity index (χ3n) is 6.35. The van der Waals surface area contributed by atoms with E-state index in [2.05, 4.69) is 16.4 Å². The van der Waals surface area contributed by atoms with E-state index in [0.717, 1.165) is 21.5 Å². The van der Waals surface area contributed by atoms with Crippen LogP contribution in [-0.4, -0.2) is 36.7 Å². The van der Waals surface area contributed by atoms with Crippen molar-refractivity contribution in [2.75, 3.05) is 18.4 Å². The summed E-state index contributed by atoms with van der Waals surface area (Å²) in [5.74, 6) is 0.176. The number of benzene rings is 4. The zero-order valence-electron chi connectivity index (χ0n) is 21.9. The molecule has 0 spiro atoms. The van der Waals surface area contributed by atoms with E-state index < -0.39 is 10.0 Å². The molecule has 0 saturated heterocycles. The number of rotatable bonds is 8. The average molecular weight is 546 g/mol. The summed E-state index contributed by atoms with van der Waals surface area (Å²) in [6, 6.07) is 22.7. The molecule has 0 aliphatic rings. The maximum absolute atomic E-state index is 13.6. The lowest BCUT2D eigenvalue weighted by Gasteiger charge is -2.25. The van der Waals surface area contributed by atoms with E-state index in [1.807, 2.05) is 76.2 Å². The summed E-state index contributed by atoms with van der Waals surface area (Å²) >= 11 is 1.27. The number of thiazole rings is 1. The van der Waals surface area contributed by atoms with Crippen LogP contribution in [0.15, 0.2) is 77.7 Å². The Labute approximate surface area is 227 Å². The molecule has 0 fully saturated rings. The van der Waals surface area contributed by atoms with Crippen LogP contribution in [-0.2, 0) is 10.0 Å². The molecule has 1 N–H and O–H groups in total. The number of amides is 1. The van der Waals surface area contributed by atoms with Crippen LogP contribution < -0.4 is 5.32 Å². The van der Waals surface area contributed by atoms with Crippen LogP contribution in [0, 0.1) is 11.8 Å². The van der Waals surface area contributed by atoms with Crippen LogP contribution >= 0.6 is 11.3 Å². The second-order valence-corrected chi connectivity index (χ2v) is 13.4. The van der Waals surface area contributed by atoms with Crippen LogP contribution in [0.5, 0.6) is 0 Å². The molecule has 1 heterocycles. The Hall–Kier alpha value is -3.33. The van der Waals surface area contributed by atoms with Gasteiger partial charge in [-0.3, -0.25) is 10.1 Å². The maximum Gasteiger partial charge on any atom is 0.258 e. The highest BCUT2D eigenvalue weighted by molar-refractivity contribution is 7.89. The van der Waals surface area contributed by atoms with Crippen LogP contribution in [0.25, 0.3) is 31.8 Å². The normalized spacial score (nSPS) is 12.4. The Morgan fingerprint density at radius 1 is 0.868 bits per heavy atom. The van der Waals surface area contributed by atoms with Gasteiger partial charge in [0, 0.05) is 13.1 Å². The third kappa shape index (κ3) is 5.16. The quantitative estimate of drug-likeness (QED) is 0.210. The fourth-order valence-electron chi connectivity index (χ4n) is 4.77. The molecular weight excluding hydrogens is 514 g/mol. The highest BCUT2D eigenvalue weighted by atomic mass is 32.2. The van der Waals surface area contributed by atoms with Crippen LogP contribution in [0.2, 0.25) is 0 Å². The smallest absolute Gasteiger partial charge is 0.258 e. The molecule has 196 valence electrons. The summed E-state index contributed by atoms with van der Waals surface area (Å²) in [6.45, 7) is 8.99. The van der Waals surface area contributed by atoms with Crippen molar-refractivity contribution in [1.29, 1.82) is 0 Å². The molecule has 0 bridgehead atoms. The topological polar surface area (TPSA) is 79.4 Å². The van der Waals surface area contributed by atoms with Crippen LogP contribution in [0.1, 0.15) is 38.1 Å². The number of hydrogen-bond acceptors (Lipinski definition) is 5. The third-order valence-corrected chi connectivity index (χ3v) is 9.12. The van der Waals surface area contributed by atoms with Crippen LogP contribution in [0.3, 0.4) is 0 Å². The van der Waals surface area contributed by atoms with Gasteiger partial charge >= 0.3 is 0 Å². The van der Waals surface area contributed by atoms with Crippen molar-refractivity contribution in [3.63, 3.8) is 0 Å². The van der Waals surface area contributed by atoms with Gasteiger partial charge in [0.05, 0.1) is 20.7 Å². The van der Waals surface area contributed by atoms with E-state index in [1.54, 1.807) is 22.5 Å². The molecule has 0 saturated carbocycles. The highest BCUT2D eigenvalue weighted by Crippen LogP contribution is 2.32. The number of anilines is 1. The van der Waals surface area contributed by atoms with Crippen molar-refractivity contribution in [2.45, 2.75) is 32.6 Å². The van der Waals surface area contributed by atoms with Gasteiger partial charge in [0.1, 0.15) is 0 Å². The van der Waals surface area contributed by atoms with E-state index in [9.17, 15) is 13.2 Å². The fraction of sp³-hybridized carbons (Fsp3) is 0.267. The monoisotopic (exact) mass is 545 g/mol. The number of hydrogen-bond donors (Lipinski definition) is 1. The average Bonchev–Trinajstić information content (AvgIpc) is 3.27. The standard InChI is InChI=1S/C30H31N3O3S2/c1-19(2)17-33(18-20(3)4)38(35,36)23-13-14-26-27(16-23)37-30(31-26)32-29(34)28-24-11-7-5-9-21(24)15-22-10-6-8-12-25(22)28/h5-16,19-20H,17-18H2,1-4H3,(H,31,32,34). The van der Waals surface area contributed by atoms with E-state index in [-0.39, 0.29) is 22.6 Å². The van der Waals surface area contributed by atoms with Crippen molar-refractivity contribution in [3.05, 3.63) is 78.4 Å². The number of nitrogens with zero attached hydrogens (tertiary/aromatic N) is 2. The largest absolute Gasteiger partial charge is 0.298 e. The highest BCUT2D eigenvalue weighted by Gasteiger charge is 2.26. The van der Waals surface area contributed by atoms with Crippen molar-refractivity contribution in [2.24, 2.45) is 11.8 Å². The Bertz CT molecular complexity index is 1690. The molecule has 6 nitrogen and oxygen atoms in total. The van der Waals surface area contributed by atoms with Gasteiger partial charge in [-0.05, 0) is 57.6 Å². The lowest BCUT2D eigenvalue weighted by molar-refractivity contribution is 0.103. The van der Waals surface area contributed by atoms with Gasteiger partial charge in [0.25, 0.3) is 5.91 Å². The maximum atomic E-state index is 13.6. The van der Waals surface area contributed by atoms with E-state index >= 15 is 0 Å². The van der Waals surface area contributed by atoms with Gasteiger partial charge < -0.3 is 0 Å². The minimum atomic E-state index is -3.66. The molecule has 1 aromatic heterocycles. The number of carbonyl (C=O) groups is 1. The molecule has 0 aliphatic carbocycles. The molecule has 1 amide bonds. The van der Waals surface area contributed by atoms with E-state index in [0.29, 0.717) is 34.0 Å². The van der Waals surface area contributed by atoms with Crippen LogP contribution in [0.4, 0.5) is 5.13 Å². The minimum Gasteiger partial charge on any atom is -0.298 e. The first-order chi connectivity index (χ1) is 18.1. The molecule has 5 aromatic rings. The van der Waals surface area contributed by atoms with E-state index in [4.69, 9.17) is 0 Å². The van der Waals surface area contributed by atoms with Gasteiger partial charge in [-0.2, -0.15) is 4.31 Å². The van der Waals surface area contributed by atoms with Crippen molar-refractivity contribution >= 4 is 64.2 Å². The Morgan fingerprint density at radius 2 is 1.45 bits per heavy atom. The Balaban J connectivity index is 1.49. The number of nitrogens with one attached hydrogen (secondary N) is 1. The molecule has 0 radical (unpaired) electrons. The summed E-state index contributed by atoms with van der Waals surface area (Å²) < 4.78 is 29.3. The molecule has 38 heavy (non-hydrogen) atoms. The molecule has 0 unspecified atom stereocenters. The first-order valence-corrected chi connectivity index (χ1v) is 15.0. The van der Waals surface area contributed by atoms with Gasteiger partial charge in [0.2, 0.25) is 10.0 Å². The molecule has 4 aromatic carbocycles. The number of sulfonamides is 1. The lowest BCUT2D eigenvalue weighted by atomic mass is 9.96.